The number of rotatable bonds is 7. The van der Waals surface area contributed by atoms with Gasteiger partial charge in [0.1, 0.15) is 17.3 Å². The number of ether oxygens (including phenoxy) is 2. The highest BCUT2D eigenvalue weighted by Crippen LogP contribution is 2.42. The fourth-order valence-electron chi connectivity index (χ4n) is 3.68. The van der Waals surface area contributed by atoms with Crippen molar-refractivity contribution in [3.8, 4) is 11.5 Å². The lowest BCUT2D eigenvalue weighted by molar-refractivity contribution is -0.140. The van der Waals surface area contributed by atoms with Gasteiger partial charge in [0, 0.05) is 20.3 Å². The van der Waals surface area contributed by atoms with E-state index in [1.807, 2.05) is 13.0 Å². The number of hydrogen-bond donors (Lipinski definition) is 2. The molecule has 164 valence electrons. The van der Waals surface area contributed by atoms with Crippen molar-refractivity contribution in [3.05, 3.63) is 63.7 Å². The maximum Gasteiger partial charge on any atom is 0.295 e. The van der Waals surface area contributed by atoms with E-state index >= 15 is 0 Å². The Labute approximate surface area is 185 Å². The average Bonchev–Trinajstić information content (AvgIpc) is 3.00. The number of methoxy groups -OCH3 is 2. The monoisotopic (exact) mass is 445 g/mol. The molecule has 1 aliphatic rings. The van der Waals surface area contributed by atoms with Crippen LogP contribution in [0.5, 0.6) is 11.5 Å². The number of phenols is 1. The van der Waals surface area contributed by atoms with E-state index in [9.17, 15) is 19.8 Å². The molecular formula is C23H24ClNO6. The Morgan fingerprint density at radius 3 is 2.55 bits per heavy atom. The Bertz CT molecular complexity index is 1050. The van der Waals surface area contributed by atoms with Gasteiger partial charge in [0.05, 0.1) is 29.3 Å². The van der Waals surface area contributed by atoms with Gasteiger partial charge in [0.25, 0.3) is 11.7 Å². The van der Waals surface area contributed by atoms with Gasteiger partial charge in [0.15, 0.2) is 0 Å². The van der Waals surface area contributed by atoms with E-state index < -0.39 is 17.7 Å². The number of aliphatic hydroxyl groups excluding tert-OH is 1. The third-order valence-corrected chi connectivity index (χ3v) is 5.49. The molecule has 8 heteroatoms. The fraction of sp³-hybridized carbons (Fsp3) is 0.304. The summed E-state index contributed by atoms with van der Waals surface area (Å²) < 4.78 is 10.4. The van der Waals surface area contributed by atoms with Crippen molar-refractivity contribution in [1.29, 1.82) is 0 Å². The minimum atomic E-state index is -0.875. The summed E-state index contributed by atoms with van der Waals surface area (Å²) in [4.78, 5) is 27.3. The van der Waals surface area contributed by atoms with Crippen LogP contribution >= 0.6 is 11.6 Å². The normalized spacial score (nSPS) is 17.9. The van der Waals surface area contributed by atoms with Gasteiger partial charge < -0.3 is 24.6 Å². The third-order valence-electron chi connectivity index (χ3n) is 5.19. The Balaban J connectivity index is 2.21. The van der Waals surface area contributed by atoms with Gasteiger partial charge in [-0.2, -0.15) is 0 Å². The van der Waals surface area contributed by atoms with Crippen LogP contribution in [0.25, 0.3) is 5.76 Å². The molecule has 0 saturated carbocycles. The Hall–Kier alpha value is -3.03. The lowest BCUT2D eigenvalue weighted by Crippen LogP contribution is -2.31. The van der Waals surface area contributed by atoms with Crippen molar-refractivity contribution in [1.82, 2.24) is 4.90 Å². The number of aromatic hydroxyl groups is 1. The molecular weight excluding hydrogens is 422 g/mol. The van der Waals surface area contributed by atoms with Gasteiger partial charge in [0.2, 0.25) is 0 Å². The first-order valence-electron chi connectivity index (χ1n) is 9.71. The van der Waals surface area contributed by atoms with Crippen LogP contribution in [0.3, 0.4) is 0 Å². The van der Waals surface area contributed by atoms with Crippen LogP contribution in [0.15, 0.2) is 42.0 Å². The summed E-state index contributed by atoms with van der Waals surface area (Å²) in [6.07, 6.45) is 0.500. The van der Waals surface area contributed by atoms with Gasteiger partial charge >= 0.3 is 0 Å². The zero-order valence-corrected chi connectivity index (χ0v) is 18.3. The van der Waals surface area contributed by atoms with Crippen LogP contribution in [0.2, 0.25) is 5.02 Å². The Morgan fingerprint density at radius 1 is 1.16 bits per heavy atom. The number of amides is 1. The quantitative estimate of drug-likeness (QED) is 0.291. The summed E-state index contributed by atoms with van der Waals surface area (Å²) in [5, 5.41) is 21.1. The predicted molar refractivity (Wildman–Crippen MR) is 116 cm³/mol. The second-order valence-corrected chi connectivity index (χ2v) is 7.66. The maximum atomic E-state index is 13.0. The van der Waals surface area contributed by atoms with Crippen LogP contribution in [0.4, 0.5) is 0 Å². The highest BCUT2D eigenvalue weighted by atomic mass is 35.5. The van der Waals surface area contributed by atoms with Crippen molar-refractivity contribution in [2.75, 3.05) is 27.4 Å². The fourth-order valence-corrected chi connectivity index (χ4v) is 3.87. The van der Waals surface area contributed by atoms with Gasteiger partial charge in [-0.15, -0.1) is 0 Å². The molecule has 1 saturated heterocycles. The zero-order valence-electron chi connectivity index (χ0n) is 17.5. The molecule has 1 aliphatic heterocycles. The molecule has 1 fully saturated rings. The lowest BCUT2D eigenvalue weighted by atomic mass is 9.94. The third kappa shape index (κ3) is 4.38. The molecule has 2 N–H and O–H groups in total. The molecule has 2 aromatic carbocycles. The first-order chi connectivity index (χ1) is 14.8. The first kappa shape index (κ1) is 22.7. The minimum Gasteiger partial charge on any atom is -0.507 e. The molecule has 0 bridgehead atoms. The largest absolute Gasteiger partial charge is 0.507 e. The summed E-state index contributed by atoms with van der Waals surface area (Å²) >= 11 is 6.10. The maximum absolute atomic E-state index is 13.0. The molecule has 1 heterocycles. The van der Waals surface area contributed by atoms with E-state index in [1.54, 1.807) is 25.3 Å². The molecule has 31 heavy (non-hydrogen) atoms. The predicted octanol–water partition coefficient (Wildman–Crippen LogP) is 3.82. The standard InChI is InChI=1S/C23H24ClNO6/c1-13-5-8-18(31-3)15(11-13)21(27)19-20(14-6-7-17(26)16(24)12-14)25(9-4-10-30-2)23(29)22(19)28/h5-8,11-12,20,26-27H,4,9-10H2,1-3H3/b21-19+. The SMILES string of the molecule is COCCCN1C(=O)C(=O)/C(=C(/O)c2cc(C)ccc2OC)C1c1ccc(O)c(Cl)c1. The number of aliphatic hydroxyl groups is 1. The number of Topliss-reactive ketones (excluding diaryl/α,β-unsaturated/α-hetero) is 1. The number of nitrogens with zero attached hydrogens (tertiary/aromatic N) is 1. The van der Waals surface area contributed by atoms with Crippen LogP contribution in [0, 0.1) is 6.92 Å². The van der Waals surface area contributed by atoms with Crippen molar-refractivity contribution in [2.24, 2.45) is 0 Å². The number of ketones is 1. The zero-order chi connectivity index (χ0) is 22.7. The summed E-state index contributed by atoms with van der Waals surface area (Å²) in [7, 11) is 3.01. The van der Waals surface area contributed by atoms with Crippen LogP contribution in [-0.4, -0.2) is 54.2 Å². The Kier molecular flexibility index (Phi) is 6.87. The number of halogens is 1. The number of carbonyl (C=O) groups is 2. The lowest BCUT2D eigenvalue weighted by Gasteiger charge is -2.25. The number of carbonyl (C=O) groups excluding carboxylic acids is 2. The van der Waals surface area contributed by atoms with Gasteiger partial charge in [-0.25, -0.2) is 0 Å². The van der Waals surface area contributed by atoms with Gasteiger partial charge in [-0.1, -0.05) is 29.3 Å². The molecule has 1 unspecified atom stereocenters. The first-order valence-corrected chi connectivity index (χ1v) is 10.1. The second-order valence-electron chi connectivity index (χ2n) is 7.25. The molecule has 7 nitrogen and oxygen atoms in total. The molecule has 3 rings (SSSR count). The van der Waals surface area contributed by atoms with E-state index in [4.69, 9.17) is 21.1 Å². The van der Waals surface area contributed by atoms with Crippen molar-refractivity contribution in [2.45, 2.75) is 19.4 Å². The smallest absolute Gasteiger partial charge is 0.295 e. The van der Waals surface area contributed by atoms with E-state index in [1.165, 1.54) is 24.1 Å². The molecule has 0 aliphatic carbocycles. The number of phenolic OH excluding ortho intramolecular Hbond substituents is 1. The summed E-state index contributed by atoms with van der Waals surface area (Å²) in [5.74, 6) is -1.60. The highest BCUT2D eigenvalue weighted by Gasteiger charge is 2.46. The van der Waals surface area contributed by atoms with Crippen LogP contribution in [-0.2, 0) is 14.3 Å². The van der Waals surface area contributed by atoms with Crippen molar-refractivity contribution >= 4 is 29.1 Å². The summed E-state index contributed by atoms with van der Waals surface area (Å²) in [6, 6.07) is 8.76. The van der Waals surface area contributed by atoms with Crippen molar-refractivity contribution in [3.63, 3.8) is 0 Å². The van der Waals surface area contributed by atoms with Crippen LogP contribution in [0.1, 0.15) is 29.2 Å². The highest BCUT2D eigenvalue weighted by molar-refractivity contribution is 6.46. The molecule has 0 aromatic heterocycles. The number of aryl methyl sites for hydroxylation is 1. The molecule has 0 spiro atoms. The van der Waals surface area contributed by atoms with E-state index in [2.05, 4.69) is 0 Å². The van der Waals surface area contributed by atoms with Crippen molar-refractivity contribution < 1.29 is 29.3 Å². The average molecular weight is 446 g/mol. The summed E-state index contributed by atoms with van der Waals surface area (Å²) in [6.45, 7) is 2.48. The molecule has 2 aromatic rings. The van der Waals surface area contributed by atoms with E-state index in [0.717, 1.165) is 5.56 Å². The minimum absolute atomic E-state index is 0.0620. The van der Waals surface area contributed by atoms with E-state index in [0.29, 0.717) is 29.9 Å². The summed E-state index contributed by atoms with van der Waals surface area (Å²) in [5.41, 5.74) is 1.59. The molecule has 1 amide bonds. The van der Waals surface area contributed by atoms with E-state index in [-0.39, 0.29) is 28.6 Å². The molecule has 1 atom stereocenters. The number of likely N-dealkylation sites (tertiary alicyclic amines) is 1. The second kappa shape index (κ2) is 9.41. The van der Waals surface area contributed by atoms with Crippen LogP contribution < -0.4 is 4.74 Å². The molecule has 0 radical (unpaired) electrons. The topological polar surface area (TPSA) is 96.3 Å². The number of benzene rings is 2. The van der Waals surface area contributed by atoms with Gasteiger partial charge in [-0.05, 0) is 43.2 Å². The van der Waals surface area contributed by atoms with Gasteiger partial charge in [-0.3, -0.25) is 9.59 Å². The Morgan fingerprint density at radius 2 is 1.90 bits per heavy atom. The number of hydrogen-bond acceptors (Lipinski definition) is 6.